The molecule has 2 aromatic rings. The normalized spacial score (nSPS) is 20.1. The Morgan fingerprint density at radius 1 is 1.36 bits per heavy atom. The van der Waals surface area contributed by atoms with Gasteiger partial charge in [0.05, 0.1) is 11.0 Å². The lowest BCUT2D eigenvalue weighted by atomic mass is 10.00. The fourth-order valence-electron chi connectivity index (χ4n) is 3.27. The molecule has 0 radical (unpaired) electrons. The fourth-order valence-corrected chi connectivity index (χ4v) is 3.27. The summed E-state index contributed by atoms with van der Waals surface area (Å²) in [6.07, 6.45) is 1.79. The molecule has 3 N–H and O–H groups in total. The van der Waals surface area contributed by atoms with Crippen molar-refractivity contribution in [2.75, 3.05) is 6.54 Å². The summed E-state index contributed by atoms with van der Waals surface area (Å²) in [7, 11) is 0. The molecular formula is C17H23ClN4O3. The number of hydrogen-bond acceptors (Lipinski definition) is 4. The highest BCUT2D eigenvalue weighted by Crippen LogP contribution is 2.13. The topological polar surface area (TPSA) is 96.0 Å². The molecule has 1 aliphatic heterocycles. The highest BCUT2D eigenvalue weighted by atomic mass is 35.5. The van der Waals surface area contributed by atoms with Gasteiger partial charge in [0.2, 0.25) is 0 Å². The van der Waals surface area contributed by atoms with Gasteiger partial charge in [-0.05, 0) is 51.4 Å². The maximum absolute atomic E-state index is 12.5. The number of H-pyrrole nitrogens is 1. The van der Waals surface area contributed by atoms with Crippen molar-refractivity contribution in [1.29, 1.82) is 0 Å². The minimum Gasteiger partial charge on any atom is -0.349 e. The zero-order valence-electron chi connectivity index (χ0n) is 14.3. The van der Waals surface area contributed by atoms with E-state index in [1.54, 1.807) is 25.1 Å². The van der Waals surface area contributed by atoms with Gasteiger partial charge in [0.1, 0.15) is 0 Å². The van der Waals surface area contributed by atoms with Crippen LogP contribution in [0.4, 0.5) is 0 Å². The largest absolute Gasteiger partial charge is 0.349 e. The van der Waals surface area contributed by atoms with Gasteiger partial charge in [-0.1, -0.05) is 0 Å². The van der Waals surface area contributed by atoms with Crippen LogP contribution in [0.2, 0.25) is 0 Å². The number of hydrogen-bond donors (Lipinski definition) is 3. The third kappa shape index (κ3) is 3.93. The molecule has 1 aliphatic rings. The number of halogens is 1. The van der Waals surface area contributed by atoms with Crippen molar-refractivity contribution in [1.82, 2.24) is 20.2 Å². The summed E-state index contributed by atoms with van der Waals surface area (Å²) in [6, 6.07) is 5.55. The van der Waals surface area contributed by atoms with Crippen molar-refractivity contribution in [3.63, 3.8) is 0 Å². The second-order valence-corrected chi connectivity index (χ2v) is 6.29. The second kappa shape index (κ2) is 7.84. The Morgan fingerprint density at radius 3 is 2.80 bits per heavy atom. The Hall–Kier alpha value is -2.12. The molecule has 8 heteroatoms. The van der Waals surface area contributed by atoms with E-state index in [4.69, 9.17) is 0 Å². The van der Waals surface area contributed by atoms with Gasteiger partial charge in [-0.2, -0.15) is 0 Å². The van der Waals surface area contributed by atoms with Crippen LogP contribution >= 0.6 is 12.4 Å². The molecule has 2 atom stereocenters. The molecule has 0 aliphatic carbocycles. The molecule has 7 nitrogen and oxygen atoms in total. The van der Waals surface area contributed by atoms with E-state index < -0.39 is 11.1 Å². The SMILES string of the molecule is CCn1c(=O)c(=O)[nH]c2cc(C(=O)NC3CCNC(C)C3)ccc21.Cl. The standard InChI is InChI=1S/C17H22N4O3.ClH/c1-3-21-14-5-4-11(9-13(14)20-16(23)17(21)24)15(22)19-12-6-7-18-10(2)8-12;/h4-5,9-10,12,18H,3,6-8H2,1-2H3,(H,19,22)(H,20,23);1H. The van der Waals surface area contributed by atoms with Crippen LogP contribution in [0, 0.1) is 0 Å². The summed E-state index contributed by atoms with van der Waals surface area (Å²) in [4.78, 5) is 38.6. The van der Waals surface area contributed by atoms with E-state index in [2.05, 4.69) is 22.5 Å². The number of carbonyl (C=O) groups is 1. The Kier molecular flexibility index (Phi) is 6.02. The van der Waals surface area contributed by atoms with Gasteiger partial charge in [-0.3, -0.25) is 14.4 Å². The van der Waals surface area contributed by atoms with Gasteiger partial charge in [-0.15, -0.1) is 12.4 Å². The average molecular weight is 367 g/mol. The van der Waals surface area contributed by atoms with Crippen LogP contribution < -0.4 is 21.8 Å². The van der Waals surface area contributed by atoms with E-state index in [-0.39, 0.29) is 24.4 Å². The van der Waals surface area contributed by atoms with Crippen molar-refractivity contribution in [2.45, 2.75) is 45.3 Å². The lowest BCUT2D eigenvalue weighted by molar-refractivity contribution is 0.0926. The van der Waals surface area contributed by atoms with Gasteiger partial charge < -0.3 is 20.2 Å². The number of nitrogens with zero attached hydrogens (tertiary/aromatic N) is 1. The molecule has 1 aromatic carbocycles. The Bertz CT molecular complexity index is 890. The smallest absolute Gasteiger partial charge is 0.316 e. The quantitative estimate of drug-likeness (QED) is 0.706. The van der Waals surface area contributed by atoms with E-state index in [0.717, 1.165) is 19.4 Å². The summed E-state index contributed by atoms with van der Waals surface area (Å²) in [6.45, 7) is 5.19. The summed E-state index contributed by atoms with van der Waals surface area (Å²) in [5.74, 6) is -0.161. The molecule has 0 spiro atoms. The number of fused-ring (bicyclic) bond motifs is 1. The zero-order chi connectivity index (χ0) is 17.3. The number of aromatic amines is 1. The summed E-state index contributed by atoms with van der Waals surface area (Å²) < 4.78 is 1.41. The molecule has 2 heterocycles. The third-order valence-corrected chi connectivity index (χ3v) is 4.51. The third-order valence-electron chi connectivity index (χ3n) is 4.51. The monoisotopic (exact) mass is 366 g/mol. The maximum atomic E-state index is 12.5. The summed E-state index contributed by atoms with van der Waals surface area (Å²) in [5.41, 5.74) is 0.340. The number of nitrogens with one attached hydrogen (secondary N) is 3. The highest BCUT2D eigenvalue weighted by molar-refractivity contribution is 5.97. The molecule has 0 saturated carbocycles. The van der Waals surface area contributed by atoms with Crippen LogP contribution in [0.3, 0.4) is 0 Å². The minimum atomic E-state index is -0.672. The van der Waals surface area contributed by atoms with Crippen molar-refractivity contribution >= 4 is 29.3 Å². The van der Waals surface area contributed by atoms with Gasteiger partial charge in [-0.25, -0.2) is 0 Å². The van der Waals surface area contributed by atoms with Crippen molar-refractivity contribution in [3.8, 4) is 0 Å². The van der Waals surface area contributed by atoms with E-state index in [1.807, 2.05) is 0 Å². The van der Waals surface area contributed by atoms with Gasteiger partial charge in [0.25, 0.3) is 5.91 Å². The predicted molar refractivity (Wildman–Crippen MR) is 99.7 cm³/mol. The lowest BCUT2D eigenvalue weighted by Gasteiger charge is -2.28. The van der Waals surface area contributed by atoms with Crippen LogP contribution in [0.1, 0.15) is 37.0 Å². The number of benzene rings is 1. The first-order valence-corrected chi connectivity index (χ1v) is 8.30. The molecule has 1 saturated heterocycles. The second-order valence-electron chi connectivity index (χ2n) is 6.29. The van der Waals surface area contributed by atoms with Crippen LogP contribution in [-0.4, -0.2) is 34.1 Å². The Morgan fingerprint density at radius 2 is 2.12 bits per heavy atom. The highest BCUT2D eigenvalue weighted by Gasteiger charge is 2.20. The molecule has 1 fully saturated rings. The number of amides is 1. The molecular weight excluding hydrogens is 344 g/mol. The number of aromatic nitrogens is 2. The van der Waals surface area contributed by atoms with Gasteiger partial charge >= 0.3 is 11.1 Å². The number of aryl methyl sites for hydroxylation is 1. The number of rotatable bonds is 3. The Labute approximate surface area is 151 Å². The first-order valence-electron chi connectivity index (χ1n) is 8.30. The van der Waals surface area contributed by atoms with Crippen LogP contribution in [0.5, 0.6) is 0 Å². The van der Waals surface area contributed by atoms with Crippen molar-refractivity contribution in [2.24, 2.45) is 0 Å². The zero-order valence-corrected chi connectivity index (χ0v) is 15.1. The minimum absolute atomic E-state index is 0. The summed E-state index contributed by atoms with van der Waals surface area (Å²) >= 11 is 0. The van der Waals surface area contributed by atoms with Crippen LogP contribution in [0.25, 0.3) is 11.0 Å². The molecule has 3 rings (SSSR count). The molecule has 136 valence electrons. The first kappa shape index (κ1) is 19.2. The van der Waals surface area contributed by atoms with Crippen molar-refractivity contribution in [3.05, 3.63) is 44.5 Å². The van der Waals surface area contributed by atoms with E-state index in [9.17, 15) is 14.4 Å². The molecule has 2 unspecified atom stereocenters. The number of carbonyl (C=O) groups excluding carboxylic acids is 1. The van der Waals surface area contributed by atoms with Gasteiger partial charge in [0, 0.05) is 24.2 Å². The van der Waals surface area contributed by atoms with Crippen LogP contribution in [0.15, 0.2) is 27.8 Å². The average Bonchev–Trinajstić information content (AvgIpc) is 2.55. The fraction of sp³-hybridized carbons (Fsp3) is 0.471. The molecule has 25 heavy (non-hydrogen) atoms. The first-order chi connectivity index (χ1) is 11.5. The van der Waals surface area contributed by atoms with E-state index in [1.165, 1.54) is 4.57 Å². The molecule has 1 aromatic heterocycles. The Balaban J connectivity index is 0.00000225. The molecule has 0 bridgehead atoms. The van der Waals surface area contributed by atoms with Crippen molar-refractivity contribution < 1.29 is 4.79 Å². The lowest BCUT2D eigenvalue weighted by Crippen LogP contribution is -2.46. The van der Waals surface area contributed by atoms with Gasteiger partial charge in [0.15, 0.2) is 0 Å². The summed E-state index contributed by atoms with van der Waals surface area (Å²) in [5, 5.41) is 6.40. The molecule has 1 amide bonds. The van der Waals surface area contributed by atoms with E-state index in [0.29, 0.717) is 29.2 Å². The maximum Gasteiger partial charge on any atom is 0.316 e. The number of piperidine rings is 1. The van der Waals surface area contributed by atoms with E-state index >= 15 is 0 Å². The predicted octanol–water partition coefficient (Wildman–Crippen LogP) is 1.00. The van der Waals surface area contributed by atoms with Crippen LogP contribution in [-0.2, 0) is 6.54 Å².